The van der Waals surface area contributed by atoms with Gasteiger partial charge in [0.25, 0.3) is 11.8 Å². The molecule has 3 aliphatic heterocycles. The summed E-state index contributed by atoms with van der Waals surface area (Å²) in [5.41, 5.74) is 1.64. The van der Waals surface area contributed by atoms with Gasteiger partial charge in [0.2, 0.25) is 11.8 Å². The minimum atomic E-state index is -2.29. The van der Waals surface area contributed by atoms with Crippen LogP contribution in [0.3, 0.4) is 0 Å². The lowest BCUT2D eigenvalue weighted by atomic mass is 9.56. The number of hydrogen-bond donors (Lipinski definition) is 1. The maximum Gasteiger partial charge on any atom is 0.258 e. The van der Waals surface area contributed by atoms with Crippen LogP contribution in [0.5, 0.6) is 5.75 Å². The number of anilines is 3. The average Bonchev–Trinajstić information content (AvgIpc) is 3.45. The van der Waals surface area contributed by atoms with Gasteiger partial charge in [-0.15, -0.1) is 23.2 Å². The predicted molar refractivity (Wildman–Crippen MR) is 177 cm³/mol. The van der Waals surface area contributed by atoms with Crippen LogP contribution >= 0.6 is 23.2 Å². The molecule has 13 heteroatoms. The van der Waals surface area contributed by atoms with E-state index >= 15 is 0 Å². The Labute approximate surface area is 289 Å². The molecule has 6 unspecified atom stereocenters. The molecule has 1 N–H and O–H groups in total. The Morgan fingerprint density at radius 2 is 1.41 bits per heavy atom. The number of benzene rings is 3. The van der Waals surface area contributed by atoms with Crippen LogP contribution in [-0.2, 0) is 23.9 Å². The number of imide groups is 2. The predicted octanol–water partition coefficient (Wildman–Crippen LogP) is 5.28. The van der Waals surface area contributed by atoms with Gasteiger partial charge in [0.05, 0.1) is 36.4 Å². The molecule has 5 aliphatic rings. The molecule has 4 amide bonds. The number of phenolic OH excluding ortho intramolecular Hbond substituents is 1. The topological polar surface area (TPSA) is 107 Å². The zero-order valence-corrected chi connectivity index (χ0v) is 27.3. The monoisotopic (exact) mass is 707 g/mol. The Morgan fingerprint density at radius 3 is 2.10 bits per heavy atom. The fraction of sp³-hybridized carbons (Fsp3) is 0.333. The van der Waals surface area contributed by atoms with Gasteiger partial charge in [0.1, 0.15) is 5.82 Å². The smallest absolute Gasteiger partial charge is 0.258 e. The van der Waals surface area contributed by atoms with Crippen molar-refractivity contribution in [3.8, 4) is 5.75 Å². The highest BCUT2D eigenvalue weighted by Gasteiger charge is 2.77. The van der Waals surface area contributed by atoms with E-state index in [1.807, 2.05) is 12.1 Å². The van der Waals surface area contributed by atoms with E-state index in [0.717, 1.165) is 33.7 Å². The number of fused-ring (bicyclic) bond motifs is 4. The molecule has 9 nitrogen and oxygen atoms in total. The number of nitrogens with zero attached hydrogens (tertiary/aromatic N) is 3. The highest BCUT2D eigenvalue weighted by molar-refractivity contribution is 6.58. The first-order valence-electron chi connectivity index (χ1n) is 16.0. The van der Waals surface area contributed by atoms with Crippen LogP contribution in [-0.4, -0.2) is 64.8 Å². The number of hydrogen-bond acceptors (Lipinski definition) is 7. The third-order valence-corrected chi connectivity index (χ3v) is 12.1. The fourth-order valence-corrected chi connectivity index (χ4v) is 9.32. The lowest BCUT2D eigenvalue weighted by molar-refractivity contribution is -0.125. The zero-order chi connectivity index (χ0) is 34.4. The molecule has 0 spiro atoms. The summed E-state index contributed by atoms with van der Waals surface area (Å²) in [6.07, 6.45) is 1.50. The van der Waals surface area contributed by atoms with Gasteiger partial charge in [0.15, 0.2) is 21.3 Å². The number of alkyl halides is 2. The molecule has 2 aliphatic carbocycles. The van der Waals surface area contributed by atoms with Gasteiger partial charge in [-0.3, -0.25) is 24.1 Å². The Morgan fingerprint density at radius 1 is 0.776 bits per heavy atom. The summed E-state index contributed by atoms with van der Waals surface area (Å²) in [5.74, 6) is -9.16. The first-order chi connectivity index (χ1) is 23.5. The van der Waals surface area contributed by atoms with Crippen molar-refractivity contribution in [3.63, 3.8) is 0 Å². The molecule has 3 saturated heterocycles. The number of carbonyl (C=O) groups excluding carboxylic acids is 4. The van der Waals surface area contributed by atoms with Crippen molar-refractivity contribution in [1.82, 2.24) is 0 Å². The van der Waals surface area contributed by atoms with Crippen LogP contribution in [0.2, 0.25) is 0 Å². The van der Waals surface area contributed by atoms with Crippen molar-refractivity contribution < 1.29 is 37.8 Å². The summed E-state index contributed by atoms with van der Waals surface area (Å²) in [6.45, 7) is 2.62. The molecule has 252 valence electrons. The third-order valence-electron chi connectivity index (χ3n) is 10.7. The van der Waals surface area contributed by atoms with Gasteiger partial charge in [-0.1, -0.05) is 23.8 Å². The maximum atomic E-state index is 14.9. The zero-order valence-electron chi connectivity index (χ0n) is 25.8. The van der Waals surface area contributed by atoms with Crippen molar-refractivity contribution in [2.24, 2.45) is 17.8 Å². The molecule has 8 rings (SSSR count). The van der Waals surface area contributed by atoms with Crippen molar-refractivity contribution in [2.75, 3.05) is 41.0 Å². The van der Waals surface area contributed by atoms with Crippen molar-refractivity contribution in [1.29, 1.82) is 0 Å². The van der Waals surface area contributed by atoms with Gasteiger partial charge >= 0.3 is 0 Å². The van der Waals surface area contributed by atoms with E-state index in [1.165, 1.54) is 24.3 Å². The molecule has 3 aromatic rings. The lowest BCUT2D eigenvalue weighted by Crippen LogP contribution is -2.60. The summed E-state index contributed by atoms with van der Waals surface area (Å²) in [4.78, 5) is 56.6. The lowest BCUT2D eigenvalue weighted by Gasteiger charge is -2.50. The number of phenols is 1. The van der Waals surface area contributed by atoms with Crippen LogP contribution in [0.1, 0.15) is 24.3 Å². The molecule has 6 atom stereocenters. The largest absolute Gasteiger partial charge is 0.505 e. The number of aromatic hydroxyl groups is 1. The van der Waals surface area contributed by atoms with Crippen molar-refractivity contribution >= 4 is 63.9 Å². The minimum Gasteiger partial charge on any atom is -0.505 e. The number of halogens is 4. The minimum absolute atomic E-state index is 0.0155. The van der Waals surface area contributed by atoms with E-state index in [9.17, 15) is 33.1 Å². The van der Waals surface area contributed by atoms with Crippen LogP contribution in [0.15, 0.2) is 78.4 Å². The number of carbonyl (C=O) groups is 4. The summed E-state index contributed by atoms with van der Waals surface area (Å²) < 4.78 is 34.2. The number of allylic oxidation sites excluding steroid dienone is 2. The van der Waals surface area contributed by atoms with Crippen molar-refractivity contribution in [2.45, 2.75) is 28.5 Å². The maximum absolute atomic E-state index is 14.9. The first-order valence-corrected chi connectivity index (χ1v) is 16.7. The molecule has 0 radical (unpaired) electrons. The van der Waals surface area contributed by atoms with Gasteiger partial charge < -0.3 is 14.7 Å². The molecule has 0 aromatic heterocycles. The number of para-hydroxylation sites is 1. The number of morpholine rings is 1. The number of rotatable bonds is 4. The Kier molecular flexibility index (Phi) is 7.40. The van der Waals surface area contributed by atoms with Gasteiger partial charge in [-0.2, -0.15) is 0 Å². The molecule has 3 aromatic carbocycles. The Balaban J connectivity index is 1.22. The van der Waals surface area contributed by atoms with E-state index in [1.54, 1.807) is 18.2 Å². The summed E-state index contributed by atoms with van der Waals surface area (Å²) in [5, 5.41) is 11.0. The molecule has 3 heterocycles. The number of amides is 4. The second kappa shape index (κ2) is 11.4. The molecular weight excluding hydrogens is 679 g/mol. The molecule has 0 bridgehead atoms. The first kappa shape index (κ1) is 31.9. The quantitative estimate of drug-likeness (QED) is 0.224. The van der Waals surface area contributed by atoms with Gasteiger partial charge in [0, 0.05) is 30.3 Å². The Bertz CT molecular complexity index is 1950. The average molecular weight is 709 g/mol. The summed E-state index contributed by atoms with van der Waals surface area (Å²) in [7, 11) is 0. The van der Waals surface area contributed by atoms with E-state index < -0.39 is 74.4 Å². The summed E-state index contributed by atoms with van der Waals surface area (Å²) >= 11 is 14.6. The number of ether oxygens (including phenoxy) is 1. The van der Waals surface area contributed by atoms with Gasteiger partial charge in [-0.05, 0) is 73.4 Å². The van der Waals surface area contributed by atoms with Gasteiger partial charge in [-0.25, -0.2) is 13.7 Å². The van der Waals surface area contributed by atoms with E-state index in [0.29, 0.717) is 37.6 Å². The van der Waals surface area contributed by atoms with E-state index in [-0.39, 0.29) is 24.1 Å². The van der Waals surface area contributed by atoms with Crippen LogP contribution in [0.4, 0.5) is 25.8 Å². The van der Waals surface area contributed by atoms with E-state index in [2.05, 4.69) is 4.90 Å². The highest BCUT2D eigenvalue weighted by Crippen LogP contribution is 2.66. The second-order valence-electron chi connectivity index (χ2n) is 13.1. The van der Waals surface area contributed by atoms with Crippen LogP contribution in [0.25, 0.3) is 0 Å². The van der Waals surface area contributed by atoms with Crippen LogP contribution < -0.4 is 14.7 Å². The standard InChI is InChI=1S/C36H29Cl2F2N3O6/c37-35-18-26-23(12-13-24-28(26)32(46)42(31(24)45)21-10-8-20(9-11-21)41-14-16-49-17-15-41)29(25-2-1-3-27(40)30(25)44)36(35,38)34(48)43(33(35)47)22-6-4-19(39)5-7-22/h1-12,24,26,28-29,44H,13-18H2. The van der Waals surface area contributed by atoms with Crippen LogP contribution in [0, 0.1) is 29.4 Å². The van der Waals surface area contributed by atoms with E-state index in [4.69, 9.17) is 27.9 Å². The molecular formula is C36H29Cl2F2N3O6. The molecule has 4 fully saturated rings. The SMILES string of the molecule is O=C1C2CC=C3C(CC4(Cl)C(=O)N(c5ccc(F)cc5)C(=O)C4(Cl)C3c3cccc(F)c3O)C2C(=O)N1c1ccc(N2CCOCC2)cc1. The molecule has 49 heavy (non-hydrogen) atoms. The second-order valence-corrected chi connectivity index (χ2v) is 14.3. The fourth-order valence-electron chi connectivity index (χ4n) is 8.40. The summed E-state index contributed by atoms with van der Waals surface area (Å²) in [6, 6.07) is 15.5. The Hall–Kier alpha value is -4.32. The normalized spacial score (nSPS) is 31.1. The highest BCUT2D eigenvalue weighted by atomic mass is 35.5. The third kappa shape index (κ3) is 4.44. The molecule has 1 saturated carbocycles. The van der Waals surface area contributed by atoms with Crippen molar-refractivity contribution in [3.05, 3.63) is 95.6 Å².